The molecule has 1 aromatic carbocycles. The molecule has 5 N–H and O–H groups in total. The molecular weight excluding hydrogens is 378 g/mol. The van der Waals surface area contributed by atoms with Crippen LogP contribution in [0, 0.1) is 5.92 Å². The van der Waals surface area contributed by atoms with Crippen LogP contribution in [-0.2, 0) is 4.79 Å². The summed E-state index contributed by atoms with van der Waals surface area (Å²) >= 11 is 0. The number of para-hydroxylation sites is 1. The van der Waals surface area contributed by atoms with Gasteiger partial charge in [-0.2, -0.15) is 0 Å². The van der Waals surface area contributed by atoms with Gasteiger partial charge in [0.15, 0.2) is 5.96 Å². The van der Waals surface area contributed by atoms with Gasteiger partial charge in [0.2, 0.25) is 0 Å². The molecule has 3 heterocycles. The maximum Gasteiger partial charge on any atom is 0.253 e. The Bertz CT molecular complexity index is 1030. The summed E-state index contributed by atoms with van der Waals surface area (Å²) in [6.07, 6.45) is 4.39. The van der Waals surface area contributed by atoms with Crippen LogP contribution in [0.1, 0.15) is 38.7 Å². The van der Waals surface area contributed by atoms with Gasteiger partial charge in [-0.3, -0.25) is 24.7 Å². The number of amides is 1. The Morgan fingerprint density at radius 3 is 2.90 bits per heavy atom. The van der Waals surface area contributed by atoms with Gasteiger partial charge in [-0.25, -0.2) is 0 Å². The second-order valence-corrected chi connectivity index (χ2v) is 8.03. The zero-order valence-corrected chi connectivity index (χ0v) is 17.5. The van der Waals surface area contributed by atoms with Crippen molar-refractivity contribution in [2.45, 2.75) is 45.2 Å². The lowest BCUT2D eigenvalue weighted by atomic mass is 9.99. The molecule has 3 atom stereocenters. The van der Waals surface area contributed by atoms with Crippen LogP contribution in [0.5, 0.6) is 0 Å². The molecule has 2 aromatic rings. The predicted octanol–water partition coefficient (Wildman–Crippen LogP) is 2.05. The molecule has 0 fully saturated rings. The third-order valence-corrected chi connectivity index (χ3v) is 6.00. The van der Waals surface area contributed by atoms with Gasteiger partial charge in [0.25, 0.3) is 5.91 Å². The van der Waals surface area contributed by atoms with Gasteiger partial charge in [-0.15, -0.1) is 0 Å². The molecule has 8 nitrogen and oxygen atoms in total. The first-order chi connectivity index (χ1) is 14.5. The Labute approximate surface area is 176 Å². The Kier molecular flexibility index (Phi) is 5.57. The number of rotatable bonds is 7. The van der Waals surface area contributed by atoms with E-state index in [1.165, 1.54) is 0 Å². The van der Waals surface area contributed by atoms with Gasteiger partial charge in [0.05, 0.1) is 12.3 Å². The number of nitrogens with zero attached hydrogens (tertiary/aromatic N) is 4. The molecule has 0 bridgehead atoms. The molecular formula is C22H29N7O. The average molecular weight is 408 g/mol. The van der Waals surface area contributed by atoms with Crippen LogP contribution < -0.4 is 11.5 Å². The first-order valence-corrected chi connectivity index (χ1v) is 10.6. The fourth-order valence-corrected chi connectivity index (χ4v) is 4.15. The molecule has 30 heavy (non-hydrogen) atoms. The molecule has 1 aromatic heterocycles. The number of aromatic nitrogens is 1. The standard InChI is InChI=1S/C22H29N7O/c1-3-13(2)19-21(30)29-12-18(15-11-26-16-8-5-4-7-14(15)16)27-17(20(29)28-19)9-6-10-25-22(23)24/h4-5,7-8,11,13,17,19,26H,3,6,9-10,12H2,1-2H3,(H4,23,24,25). The van der Waals surface area contributed by atoms with Gasteiger partial charge >= 0.3 is 0 Å². The summed E-state index contributed by atoms with van der Waals surface area (Å²) in [4.78, 5) is 32.3. The summed E-state index contributed by atoms with van der Waals surface area (Å²) in [5.74, 6) is 1.17. The van der Waals surface area contributed by atoms with E-state index in [0.29, 0.717) is 13.1 Å². The van der Waals surface area contributed by atoms with Crippen LogP contribution in [0.25, 0.3) is 10.9 Å². The third kappa shape index (κ3) is 3.69. The number of fused-ring (bicyclic) bond motifs is 2. The Morgan fingerprint density at radius 1 is 1.33 bits per heavy atom. The van der Waals surface area contributed by atoms with Gasteiger partial charge in [0, 0.05) is 29.2 Å². The minimum absolute atomic E-state index is 0.0841. The van der Waals surface area contributed by atoms with E-state index in [-0.39, 0.29) is 29.9 Å². The van der Waals surface area contributed by atoms with Crippen molar-refractivity contribution < 1.29 is 4.79 Å². The fourth-order valence-electron chi connectivity index (χ4n) is 4.15. The van der Waals surface area contributed by atoms with Gasteiger partial charge in [-0.05, 0) is 24.8 Å². The van der Waals surface area contributed by atoms with E-state index in [9.17, 15) is 4.79 Å². The van der Waals surface area contributed by atoms with Crippen LogP contribution in [-0.4, -0.2) is 58.5 Å². The van der Waals surface area contributed by atoms with E-state index < -0.39 is 0 Å². The van der Waals surface area contributed by atoms with E-state index >= 15 is 0 Å². The second-order valence-electron chi connectivity index (χ2n) is 8.03. The molecule has 0 saturated carbocycles. The minimum atomic E-state index is -0.317. The SMILES string of the molecule is CCC(C)C1N=C2C(CCCN=C(N)N)N=C(c3c[nH]c4ccccc34)CN2C1=O. The Morgan fingerprint density at radius 2 is 2.13 bits per heavy atom. The van der Waals surface area contributed by atoms with Crippen molar-refractivity contribution >= 4 is 34.3 Å². The first-order valence-electron chi connectivity index (χ1n) is 10.6. The van der Waals surface area contributed by atoms with Crippen molar-refractivity contribution in [2.75, 3.05) is 13.1 Å². The zero-order chi connectivity index (χ0) is 21.3. The van der Waals surface area contributed by atoms with Crippen LogP contribution in [0.4, 0.5) is 0 Å². The Balaban J connectivity index is 1.66. The molecule has 8 heteroatoms. The molecule has 0 spiro atoms. The fraction of sp³-hybridized carbons (Fsp3) is 0.455. The van der Waals surface area contributed by atoms with Crippen molar-refractivity contribution in [1.29, 1.82) is 0 Å². The molecule has 1 amide bonds. The summed E-state index contributed by atoms with van der Waals surface area (Å²) in [5.41, 5.74) is 13.9. The summed E-state index contributed by atoms with van der Waals surface area (Å²) in [6, 6.07) is 7.65. The van der Waals surface area contributed by atoms with Crippen LogP contribution in [0.2, 0.25) is 0 Å². The molecule has 3 unspecified atom stereocenters. The van der Waals surface area contributed by atoms with E-state index in [0.717, 1.165) is 47.3 Å². The molecule has 0 radical (unpaired) electrons. The lowest BCUT2D eigenvalue weighted by Crippen LogP contribution is -2.47. The largest absolute Gasteiger partial charge is 0.370 e. The zero-order valence-electron chi connectivity index (χ0n) is 17.5. The van der Waals surface area contributed by atoms with E-state index in [1.807, 2.05) is 29.3 Å². The number of benzene rings is 1. The number of nitrogens with two attached hydrogens (primary N) is 2. The third-order valence-electron chi connectivity index (χ3n) is 6.00. The van der Waals surface area contributed by atoms with Crippen LogP contribution in [0.3, 0.4) is 0 Å². The minimum Gasteiger partial charge on any atom is -0.370 e. The second kappa shape index (κ2) is 8.30. The van der Waals surface area contributed by atoms with Crippen LogP contribution in [0.15, 0.2) is 45.4 Å². The van der Waals surface area contributed by atoms with Crippen LogP contribution >= 0.6 is 0 Å². The maximum atomic E-state index is 13.2. The van der Waals surface area contributed by atoms with Gasteiger partial charge < -0.3 is 16.5 Å². The highest BCUT2D eigenvalue weighted by atomic mass is 16.2. The normalized spacial score (nSPS) is 21.9. The number of H-pyrrole nitrogens is 1. The molecule has 4 rings (SSSR count). The summed E-state index contributed by atoms with van der Waals surface area (Å²) in [7, 11) is 0. The first kappa shape index (κ1) is 20.1. The topological polar surface area (TPSA) is 125 Å². The number of hydrogen-bond acceptors (Lipinski definition) is 4. The summed E-state index contributed by atoms with van der Waals surface area (Å²) in [6.45, 7) is 5.17. The molecule has 158 valence electrons. The van der Waals surface area contributed by atoms with Crippen molar-refractivity contribution in [2.24, 2.45) is 32.4 Å². The highest BCUT2D eigenvalue weighted by molar-refractivity contribution is 6.19. The van der Waals surface area contributed by atoms with Crippen molar-refractivity contribution in [3.63, 3.8) is 0 Å². The van der Waals surface area contributed by atoms with Crippen molar-refractivity contribution in [3.8, 4) is 0 Å². The van der Waals surface area contributed by atoms with Crippen molar-refractivity contribution in [1.82, 2.24) is 9.88 Å². The molecule has 2 aliphatic heterocycles. The van der Waals surface area contributed by atoms with Gasteiger partial charge in [0.1, 0.15) is 17.9 Å². The van der Waals surface area contributed by atoms with E-state index in [4.69, 9.17) is 21.5 Å². The van der Waals surface area contributed by atoms with Gasteiger partial charge in [-0.1, -0.05) is 38.5 Å². The number of carbonyl (C=O) groups excluding carboxylic acids is 1. The quantitative estimate of drug-likeness (QED) is 0.369. The van der Waals surface area contributed by atoms with Crippen molar-refractivity contribution in [3.05, 3.63) is 36.0 Å². The highest BCUT2D eigenvalue weighted by Crippen LogP contribution is 2.29. The molecule has 0 aliphatic carbocycles. The monoisotopic (exact) mass is 407 g/mol. The molecule has 2 aliphatic rings. The predicted molar refractivity (Wildman–Crippen MR) is 121 cm³/mol. The number of amidine groups is 1. The highest BCUT2D eigenvalue weighted by Gasteiger charge is 2.42. The summed E-state index contributed by atoms with van der Waals surface area (Å²) < 4.78 is 0. The smallest absolute Gasteiger partial charge is 0.253 e. The number of aromatic amines is 1. The Hall–Kier alpha value is -3.16. The number of guanidine groups is 1. The number of hydrogen-bond donors (Lipinski definition) is 3. The number of carbonyl (C=O) groups is 1. The lowest BCUT2D eigenvalue weighted by Gasteiger charge is -2.29. The average Bonchev–Trinajstić information content (AvgIpc) is 3.32. The maximum absolute atomic E-state index is 13.2. The van der Waals surface area contributed by atoms with E-state index in [2.05, 4.69) is 29.9 Å². The number of aliphatic imine (C=N–C) groups is 3. The summed E-state index contributed by atoms with van der Waals surface area (Å²) in [5, 5.41) is 1.11. The lowest BCUT2D eigenvalue weighted by molar-refractivity contribution is -0.127. The molecule has 0 saturated heterocycles. The number of nitrogens with one attached hydrogen (secondary N) is 1. The van der Waals surface area contributed by atoms with E-state index in [1.54, 1.807) is 0 Å².